The van der Waals surface area contributed by atoms with Crippen LogP contribution in [0.1, 0.15) is 10.4 Å². The molecule has 8 nitrogen and oxygen atoms in total. The Labute approximate surface area is 152 Å². The molecular weight excluding hydrogens is 378 g/mol. The lowest BCUT2D eigenvalue weighted by atomic mass is 10.2. The van der Waals surface area contributed by atoms with Crippen molar-refractivity contribution < 1.29 is 21.6 Å². The molecule has 0 heterocycles. The number of hydrogen-bond donors (Lipinski definition) is 2. The van der Waals surface area contributed by atoms with Gasteiger partial charge in [0.25, 0.3) is 5.91 Å². The van der Waals surface area contributed by atoms with Crippen LogP contribution in [0.2, 0.25) is 0 Å². The van der Waals surface area contributed by atoms with E-state index in [1.165, 1.54) is 69.7 Å². The summed E-state index contributed by atoms with van der Waals surface area (Å²) in [4.78, 5) is 12.4. The smallest absolute Gasteiger partial charge is 0.255 e. The van der Waals surface area contributed by atoms with Crippen molar-refractivity contribution >= 4 is 31.6 Å². The van der Waals surface area contributed by atoms with Crippen LogP contribution < -0.4 is 10.0 Å². The van der Waals surface area contributed by atoms with E-state index < -0.39 is 26.0 Å². The van der Waals surface area contributed by atoms with Gasteiger partial charge in [-0.15, -0.1) is 0 Å². The average Bonchev–Trinajstić information content (AvgIpc) is 2.62. The second-order valence-electron chi connectivity index (χ2n) is 5.50. The molecule has 0 fully saturated rings. The summed E-state index contributed by atoms with van der Waals surface area (Å²) in [6.45, 7) is 0. The van der Waals surface area contributed by atoms with E-state index >= 15 is 0 Å². The van der Waals surface area contributed by atoms with Crippen molar-refractivity contribution in [1.29, 1.82) is 0 Å². The molecule has 0 aliphatic rings. The molecule has 26 heavy (non-hydrogen) atoms. The molecule has 2 aromatic rings. The average molecular weight is 397 g/mol. The van der Waals surface area contributed by atoms with E-state index in [-0.39, 0.29) is 15.4 Å². The molecule has 0 bridgehead atoms. The van der Waals surface area contributed by atoms with E-state index in [1.807, 2.05) is 0 Å². The molecule has 2 aromatic carbocycles. The fourth-order valence-electron chi connectivity index (χ4n) is 2.05. The fraction of sp³-hybridized carbons (Fsp3) is 0.188. The Balaban J connectivity index is 2.23. The van der Waals surface area contributed by atoms with Crippen LogP contribution in [-0.2, 0) is 20.0 Å². The molecule has 140 valence electrons. The maximum Gasteiger partial charge on any atom is 0.255 e. The van der Waals surface area contributed by atoms with E-state index in [2.05, 4.69) is 10.0 Å². The van der Waals surface area contributed by atoms with E-state index in [9.17, 15) is 21.6 Å². The van der Waals surface area contributed by atoms with Crippen molar-refractivity contribution in [1.82, 2.24) is 9.03 Å². The van der Waals surface area contributed by atoms with Gasteiger partial charge in [-0.2, -0.15) is 0 Å². The summed E-state index contributed by atoms with van der Waals surface area (Å²) in [5.74, 6) is -0.509. The highest BCUT2D eigenvalue weighted by atomic mass is 32.2. The first kappa shape index (κ1) is 20.0. The topological polar surface area (TPSA) is 113 Å². The second-order valence-corrected chi connectivity index (χ2v) is 9.54. The van der Waals surface area contributed by atoms with Gasteiger partial charge in [-0.05, 0) is 49.5 Å². The number of rotatable bonds is 6. The summed E-state index contributed by atoms with van der Waals surface area (Å²) in [6.07, 6.45) is 0. The molecule has 0 saturated heterocycles. The molecule has 1 amide bonds. The Hall–Kier alpha value is -2.27. The summed E-state index contributed by atoms with van der Waals surface area (Å²) in [6, 6.07) is 11.3. The van der Waals surface area contributed by atoms with Gasteiger partial charge in [0.2, 0.25) is 20.0 Å². The highest BCUT2D eigenvalue weighted by Crippen LogP contribution is 2.17. The monoisotopic (exact) mass is 397 g/mol. The maximum absolute atomic E-state index is 12.4. The number of hydrogen-bond acceptors (Lipinski definition) is 5. The van der Waals surface area contributed by atoms with Crippen molar-refractivity contribution in [3.8, 4) is 0 Å². The summed E-state index contributed by atoms with van der Waals surface area (Å²) >= 11 is 0. The van der Waals surface area contributed by atoms with Crippen molar-refractivity contribution in [2.75, 3.05) is 26.5 Å². The Morgan fingerprint density at radius 1 is 0.923 bits per heavy atom. The van der Waals surface area contributed by atoms with E-state index in [4.69, 9.17) is 0 Å². The second kappa shape index (κ2) is 7.54. The summed E-state index contributed by atoms with van der Waals surface area (Å²) in [7, 11) is -3.09. The van der Waals surface area contributed by atoms with Gasteiger partial charge in [-0.3, -0.25) is 4.79 Å². The van der Waals surface area contributed by atoms with Crippen LogP contribution in [0.4, 0.5) is 5.69 Å². The van der Waals surface area contributed by atoms with Crippen molar-refractivity contribution in [2.45, 2.75) is 9.79 Å². The molecular formula is C16H19N3O5S2. The number of sulfonamides is 2. The van der Waals surface area contributed by atoms with Crippen LogP contribution in [-0.4, -0.2) is 48.2 Å². The van der Waals surface area contributed by atoms with Gasteiger partial charge in [0.1, 0.15) is 0 Å². The number of nitrogens with one attached hydrogen (secondary N) is 2. The maximum atomic E-state index is 12.4. The van der Waals surface area contributed by atoms with E-state index in [1.54, 1.807) is 0 Å². The molecule has 0 aliphatic heterocycles. The first-order valence-electron chi connectivity index (χ1n) is 7.45. The third-order valence-corrected chi connectivity index (χ3v) is 6.81. The van der Waals surface area contributed by atoms with Crippen molar-refractivity contribution in [3.05, 3.63) is 54.1 Å². The number of nitrogens with zero attached hydrogens (tertiary/aromatic N) is 1. The molecule has 0 atom stereocenters. The van der Waals surface area contributed by atoms with Crippen LogP contribution >= 0.6 is 0 Å². The predicted molar refractivity (Wildman–Crippen MR) is 98.0 cm³/mol. The van der Waals surface area contributed by atoms with Crippen LogP contribution in [0.25, 0.3) is 0 Å². The van der Waals surface area contributed by atoms with Gasteiger partial charge >= 0.3 is 0 Å². The molecule has 2 rings (SSSR count). The molecule has 0 aliphatic carbocycles. The third kappa shape index (κ3) is 4.28. The SMILES string of the molecule is CNS(=O)(=O)c1ccc(NC(=O)c2cccc(S(=O)(=O)N(C)C)c2)cc1. The highest BCUT2D eigenvalue weighted by molar-refractivity contribution is 7.89. The fourth-order valence-corrected chi connectivity index (χ4v) is 3.73. The predicted octanol–water partition coefficient (Wildman–Crippen LogP) is 1.10. The summed E-state index contributed by atoms with van der Waals surface area (Å²) in [5.41, 5.74) is 0.547. The van der Waals surface area contributed by atoms with E-state index in [0.29, 0.717) is 5.69 Å². The van der Waals surface area contributed by atoms with Gasteiger partial charge in [-0.1, -0.05) is 6.07 Å². The van der Waals surface area contributed by atoms with Crippen LogP contribution in [0.5, 0.6) is 0 Å². The minimum Gasteiger partial charge on any atom is -0.322 e. The Morgan fingerprint density at radius 3 is 2.08 bits per heavy atom. The van der Waals surface area contributed by atoms with Gasteiger partial charge < -0.3 is 5.32 Å². The Morgan fingerprint density at radius 2 is 1.54 bits per heavy atom. The number of carbonyl (C=O) groups is 1. The molecule has 0 saturated carbocycles. The standard InChI is InChI=1S/C16H19N3O5S2/c1-17-25(21,22)14-9-7-13(8-10-14)18-16(20)12-5-4-6-15(11-12)26(23,24)19(2)3/h4-11,17H,1-3H3,(H,18,20). The van der Waals surface area contributed by atoms with Crippen molar-refractivity contribution in [2.24, 2.45) is 0 Å². The normalized spacial score (nSPS) is 12.2. The number of benzene rings is 2. The van der Waals surface area contributed by atoms with Gasteiger partial charge in [0, 0.05) is 25.3 Å². The van der Waals surface area contributed by atoms with Crippen molar-refractivity contribution in [3.63, 3.8) is 0 Å². The summed E-state index contributed by atoms with van der Waals surface area (Å²) in [5, 5.41) is 2.60. The number of carbonyl (C=O) groups excluding carboxylic acids is 1. The molecule has 10 heteroatoms. The molecule has 0 radical (unpaired) electrons. The lowest BCUT2D eigenvalue weighted by Gasteiger charge is -2.12. The number of amides is 1. The molecule has 0 aromatic heterocycles. The van der Waals surface area contributed by atoms with Gasteiger partial charge in [0.15, 0.2) is 0 Å². The Bertz CT molecular complexity index is 1010. The number of anilines is 1. The zero-order chi connectivity index (χ0) is 19.5. The van der Waals surface area contributed by atoms with Crippen LogP contribution in [0.15, 0.2) is 58.3 Å². The lowest BCUT2D eigenvalue weighted by Crippen LogP contribution is -2.22. The lowest BCUT2D eigenvalue weighted by molar-refractivity contribution is 0.102. The zero-order valence-corrected chi connectivity index (χ0v) is 16.1. The third-order valence-electron chi connectivity index (χ3n) is 3.57. The Kier molecular flexibility index (Phi) is 5.81. The minimum atomic E-state index is -3.65. The first-order valence-corrected chi connectivity index (χ1v) is 10.4. The van der Waals surface area contributed by atoms with Crippen LogP contribution in [0.3, 0.4) is 0 Å². The summed E-state index contributed by atoms with van der Waals surface area (Å²) < 4.78 is 50.9. The van der Waals surface area contributed by atoms with Gasteiger partial charge in [0.05, 0.1) is 9.79 Å². The minimum absolute atomic E-state index is 0.00520. The molecule has 2 N–H and O–H groups in total. The largest absolute Gasteiger partial charge is 0.322 e. The highest BCUT2D eigenvalue weighted by Gasteiger charge is 2.19. The van der Waals surface area contributed by atoms with E-state index in [0.717, 1.165) is 4.31 Å². The van der Waals surface area contributed by atoms with Crippen LogP contribution in [0, 0.1) is 0 Å². The quantitative estimate of drug-likeness (QED) is 0.758. The van der Waals surface area contributed by atoms with Gasteiger partial charge in [-0.25, -0.2) is 25.9 Å². The first-order chi connectivity index (χ1) is 12.1. The molecule has 0 spiro atoms. The molecule has 0 unspecified atom stereocenters. The zero-order valence-electron chi connectivity index (χ0n) is 14.4.